The molecular weight excluding hydrogens is 172 g/mol. The van der Waals surface area contributed by atoms with E-state index in [-0.39, 0.29) is 6.61 Å². The molecule has 0 fully saturated rings. The second-order valence-electron chi connectivity index (χ2n) is 3.58. The van der Waals surface area contributed by atoms with Crippen LogP contribution in [0.3, 0.4) is 0 Å². The third-order valence-electron chi connectivity index (χ3n) is 1.09. The van der Waals surface area contributed by atoms with Gasteiger partial charge in [-0.15, -0.1) is 0 Å². The van der Waals surface area contributed by atoms with Gasteiger partial charge in [0.2, 0.25) is 0 Å². The second-order valence-corrected chi connectivity index (χ2v) is 3.58. The molecule has 0 spiro atoms. The lowest BCUT2D eigenvalue weighted by molar-refractivity contribution is 0.0249. The van der Waals surface area contributed by atoms with Gasteiger partial charge >= 0.3 is 0 Å². The highest BCUT2D eigenvalue weighted by Crippen LogP contribution is 2.09. The minimum absolute atomic E-state index is 0.122. The zero-order valence-electron chi connectivity index (χ0n) is 8.95. The van der Waals surface area contributed by atoms with E-state index in [4.69, 9.17) is 15.3 Å². The van der Waals surface area contributed by atoms with Crippen LogP contribution < -0.4 is 0 Å². The van der Waals surface area contributed by atoms with Crippen LogP contribution in [0, 0.1) is 0 Å². The Balaban J connectivity index is 0. The Kier molecular flexibility index (Phi) is 9.94. The van der Waals surface area contributed by atoms with Gasteiger partial charge in [-0.1, -0.05) is 0 Å². The summed E-state index contributed by atoms with van der Waals surface area (Å²) < 4.78 is 4.44. The molecule has 4 heteroatoms. The predicted octanol–water partition coefficient (Wildman–Crippen LogP) is 0.153. The van der Waals surface area contributed by atoms with Crippen LogP contribution in [0.25, 0.3) is 0 Å². The Labute approximate surface area is 80.2 Å². The van der Waals surface area contributed by atoms with E-state index in [1.54, 1.807) is 27.9 Å². The maximum Gasteiger partial charge on any atom is 0.0693 e. The summed E-state index contributed by atoms with van der Waals surface area (Å²) in [6, 6.07) is 0. The standard InChI is InChI=1S/C6H14O2.C3H8O2/c1-5(7)4-6(2,3)8;1-5-3-2-4/h5,7-8H,4H2,1-3H3;4H,2-3H2,1H3. The Morgan fingerprint density at radius 1 is 1.38 bits per heavy atom. The monoisotopic (exact) mass is 194 g/mol. The van der Waals surface area contributed by atoms with Crippen LogP contribution in [0.15, 0.2) is 0 Å². The van der Waals surface area contributed by atoms with E-state index in [2.05, 4.69) is 4.74 Å². The summed E-state index contributed by atoms with van der Waals surface area (Å²) in [6.45, 7) is 5.59. The SMILES string of the molecule is CC(O)CC(C)(C)O.COCCO. The van der Waals surface area contributed by atoms with E-state index in [9.17, 15) is 0 Å². The lowest BCUT2D eigenvalue weighted by atomic mass is 10.0. The van der Waals surface area contributed by atoms with Crippen LogP contribution in [0.5, 0.6) is 0 Å². The maximum absolute atomic E-state index is 9.03. The van der Waals surface area contributed by atoms with Gasteiger partial charge in [-0.2, -0.15) is 0 Å². The van der Waals surface area contributed by atoms with E-state index >= 15 is 0 Å². The molecule has 0 rings (SSSR count). The summed E-state index contributed by atoms with van der Waals surface area (Å²) in [5.74, 6) is 0. The summed E-state index contributed by atoms with van der Waals surface area (Å²) >= 11 is 0. The highest BCUT2D eigenvalue weighted by atomic mass is 16.5. The predicted molar refractivity (Wildman–Crippen MR) is 51.6 cm³/mol. The molecular formula is C9H22O4. The molecule has 0 saturated carbocycles. The van der Waals surface area contributed by atoms with Crippen LogP contribution in [-0.2, 0) is 4.74 Å². The summed E-state index contributed by atoms with van der Waals surface area (Å²) in [6.07, 6.45) is 0.0301. The third-order valence-corrected chi connectivity index (χ3v) is 1.09. The zero-order chi connectivity index (χ0) is 10.9. The van der Waals surface area contributed by atoms with E-state index < -0.39 is 11.7 Å². The van der Waals surface area contributed by atoms with Crippen molar-refractivity contribution in [1.82, 2.24) is 0 Å². The van der Waals surface area contributed by atoms with Gasteiger partial charge < -0.3 is 20.1 Å². The molecule has 0 amide bonds. The lowest BCUT2D eigenvalue weighted by Gasteiger charge is -2.17. The van der Waals surface area contributed by atoms with Gasteiger partial charge in [0, 0.05) is 13.5 Å². The van der Waals surface area contributed by atoms with Crippen molar-refractivity contribution in [1.29, 1.82) is 0 Å². The topological polar surface area (TPSA) is 69.9 Å². The number of methoxy groups -OCH3 is 1. The van der Waals surface area contributed by atoms with Gasteiger partial charge in [-0.3, -0.25) is 0 Å². The van der Waals surface area contributed by atoms with Crippen LogP contribution in [-0.4, -0.2) is 47.3 Å². The van der Waals surface area contributed by atoms with Gasteiger partial charge in [-0.05, 0) is 20.8 Å². The van der Waals surface area contributed by atoms with Crippen molar-refractivity contribution in [3.8, 4) is 0 Å². The smallest absolute Gasteiger partial charge is 0.0693 e. The summed E-state index contributed by atoms with van der Waals surface area (Å²) in [5.41, 5.74) is -0.728. The minimum atomic E-state index is -0.728. The fourth-order valence-electron chi connectivity index (χ4n) is 0.814. The molecule has 0 aromatic carbocycles. The normalized spacial score (nSPS) is 13.2. The quantitative estimate of drug-likeness (QED) is 0.596. The van der Waals surface area contributed by atoms with Crippen LogP contribution in [0.2, 0.25) is 0 Å². The number of hydrogen-bond acceptors (Lipinski definition) is 4. The van der Waals surface area contributed by atoms with E-state index in [1.807, 2.05) is 0 Å². The Hall–Kier alpha value is -0.160. The molecule has 13 heavy (non-hydrogen) atoms. The van der Waals surface area contributed by atoms with Crippen molar-refractivity contribution in [3.05, 3.63) is 0 Å². The fourth-order valence-corrected chi connectivity index (χ4v) is 0.814. The molecule has 0 radical (unpaired) electrons. The zero-order valence-corrected chi connectivity index (χ0v) is 8.95. The molecule has 82 valence electrons. The van der Waals surface area contributed by atoms with Crippen molar-refractivity contribution in [2.45, 2.75) is 38.9 Å². The molecule has 0 aromatic rings. The number of ether oxygens (including phenoxy) is 1. The van der Waals surface area contributed by atoms with Crippen molar-refractivity contribution in [2.75, 3.05) is 20.3 Å². The summed E-state index contributed by atoms with van der Waals surface area (Å²) in [7, 11) is 1.55. The molecule has 1 atom stereocenters. The average molecular weight is 194 g/mol. The molecule has 4 nitrogen and oxygen atoms in total. The molecule has 0 aliphatic rings. The van der Waals surface area contributed by atoms with Gasteiger partial charge in [0.1, 0.15) is 0 Å². The summed E-state index contributed by atoms with van der Waals surface area (Å²) in [5, 5.41) is 25.7. The van der Waals surface area contributed by atoms with Crippen molar-refractivity contribution >= 4 is 0 Å². The minimum Gasteiger partial charge on any atom is -0.394 e. The fraction of sp³-hybridized carbons (Fsp3) is 1.00. The van der Waals surface area contributed by atoms with Crippen LogP contribution in [0.1, 0.15) is 27.2 Å². The molecule has 0 saturated heterocycles. The molecule has 1 unspecified atom stereocenters. The van der Waals surface area contributed by atoms with E-state index in [0.29, 0.717) is 13.0 Å². The summed E-state index contributed by atoms with van der Waals surface area (Å²) in [4.78, 5) is 0. The van der Waals surface area contributed by atoms with Gasteiger partial charge in [0.25, 0.3) is 0 Å². The van der Waals surface area contributed by atoms with Crippen molar-refractivity contribution < 1.29 is 20.1 Å². The second kappa shape index (κ2) is 8.44. The first-order valence-corrected chi connectivity index (χ1v) is 4.33. The maximum atomic E-state index is 9.03. The van der Waals surface area contributed by atoms with Crippen LogP contribution >= 0.6 is 0 Å². The highest BCUT2D eigenvalue weighted by molar-refractivity contribution is 4.67. The number of hydrogen-bond donors (Lipinski definition) is 3. The lowest BCUT2D eigenvalue weighted by Crippen LogP contribution is -2.24. The molecule has 3 N–H and O–H groups in total. The van der Waals surface area contributed by atoms with Gasteiger partial charge in [-0.25, -0.2) is 0 Å². The van der Waals surface area contributed by atoms with E-state index in [1.165, 1.54) is 0 Å². The molecule has 0 aromatic heterocycles. The first kappa shape index (κ1) is 15.3. The number of rotatable bonds is 4. The Morgan fingerprint density at radius 2 is 1.85 bits per heavy atom. The van der Waals surface area contributed by atoms with Gasteiger partial charge in [0.15, 0.2) is 0 Å². The Morgan fingerprint density at radius 3 is 1.85 bits per heavy atom. The first-order chi connectivity index (χ1) is 5.83. The number of aliphatic hydroxyl groups is 3. The van der Waals surface area contributed by atoms with E-state index in [0.717, 1.165) is 0 Å². The van der Waals surface area contributed by atoms with Crippen LogP contribution in [0.4, 0.5) is 0 Å². The molecule has 0 heterocycles. The molecule has 0 aliphatic heterocycles. The molecule has 0 bridgehead atoms. The number of aliphatic hydroxyl groups excluding tert-OH is 2. The molecule has 0 aliphatic carbocycles. The average Bonchev–Trinajstić information content (AvgIpc) is 1.84. The largest absolute Gasteiger partial charge is 0.394 e. The van der Waals surface area contributed by atoms with Crippen molar-refractivity contribution in [2.24, 2.45) is 0 Å². The highest BCUT2D eigenvalue weighted by Gasteiger charge is 2.14. The van der Waals surface area contributed by atoms with Crippen molar-refractivity contribution in [3.63, 3.8) is 0 Å². The Bertz CT molecular complexity index is 94.3. The van der Waals surface area contributed by atoms with Gasteiger partial charge in [0.05, 0.1) is 24.9 Å². The first-order valence-electron chi connectivity index (χ1n) is 4.33. The third kappa shape index (κ3) is 24.5.